The fourth-order valence-corrected chi connectivity index (χ4v) is 2.30. The van der Waals surface area contributed by atoms with E-state index in [1.807, 2.05) is 6.92 Å². The first-order valence-electron chi connectivity index (χ1n) is 8.70. The van der Waals surface area contributed by atoms with E-state index in [9.17, 15) is 8.78 Å². The van der Waals surface area contributed by atoms with E-state index in [0.29, 0.717) is 43.5 Å². The maximum absolute atomic E-state index is 13.2. The molecule has 1 heterocycles. The molecular formula is C19H27F2IN4O. The summed E-state index contributed by atoms with van der Waals surface area (Å²) in [5.41, 5.74) is 0.492. The van der Waals surface area contributed by atoms with Gasteiger partial charge in [0.05, 0.1) is 6.20 Å². The molecule has 0 aliphatic heterocycles. The molecule has 2 N–H and O–H groups in total. The van der Waals surface area contributed by atoms with Crippen LogP contribution < -0.4 is 10.6 Å². The Morgan fingerprint density at radius 1 is 1.15 bits per heavy atom. The zero-order chi connectivity index (χ0) is 19.2. The Morgan fingerprint density at radius 2 is 1.81 bits per heavy atom. The monoisotopic (exact) mass is 492 g/mol. The second-order valence-corrected chi connectivity index (χ2v) is 7.02. The minimum Gasteiger partial charge on any atom is -0.443 e. The molecule has 0 fully saturated rings. The van der Waals surface area contributed by atoms with Gasteiger partial charge in [-0.1, -0.05) is 20.8 Å². The van der Waals surface area contributed by atoms with Gasteiger partial charge in [0.1, 0.15) is 23.9 Å². The SMILES string of the molecule is CCNC(=NCc1ncc(C(C)(C)C)o1)NCCc1cc(F)cc(F)c1.I. The van der Waals surface area contributed by atoms with Crippen LogP contribution in [-0.4, -0.2) is 24.0 Å². The number of aliphatic imine (C=N–C) groups is 1. The van der Waals surface area contributed by atoms with E-state index in [1.54, 1.807) is 6.20 Å². The number of guanidine groups is 1. The van der Waals surface area contributed by atoms with Gasteiger partial charge in [-0.2, -0.15) is 0 Å². The summed E-state index contributed by atoms with van der Waals surface area (Å²) in [6, 6.07) is 3.52. The van der Waals surface area contributed by atoms with Crippen LogP contribution >= 0.6 is 24.0 Å². The average molecular weight is 492 g/mol. The van der Waals surface area contributed by atoms with Crippen molar-refractivity contribution in [1.82, 2.24) is 15.6 Å². The van der Waals surface area contributed by atoms with Crippen LogP contribution in [0.5, 0.6) is 0 Å². The smallest absolute Gasteiger partial charge is 0.216 e. The van der Waals surface area contributed by atoms with Gasteiger partial charge in [0.15, 0.2) is 5.96 Å². The van der Waals surface area contributed by atoms with Crippen LogP contribution in [0.3, 0.4) is 0 Å². The van der Waals surface area contributed by atoms with E-state index in [0.717, 1.165) is 11.8 Å². The highest BCUT2D eigenvalue weighted by molar-refractivity contribution is 14.0. The van der Waals surface area contributed by atoms with Crippen molar-refractivity contribution in [2.24, 2.45) is 4.99 Å². The first-order valence-corrected chi connectivity index (χ1v) is 8.70. The summed E-state index contributed by atoms with van der Waals surface area (Å²) in [5.74, 6) is 0.811. The van der Waals surface area contributed by atoms with Crippen molar-refractivity contribution in [2.75, 3.05) is 13.1 Å². The Hall–Kier alpha value is -1.71. The summed E-state index contributed by atoms with van der Waals surface area (Å²) in [6.07, 6.45) is 2.20. The van der Waals surface area contributed by atoms with Crippen molar-refractivity contribution in [3.8, 4) is 0 Å². The van der Waals surface area contributed by atoms with Gasteiger partial charge < -0.3 is 15.1 Å². The van der Waals surface area contributed by atoms with Gasteiger partial charge in [-0.25, -0.2) is 18.8 Å². The molecular weight excluding hydrogens is 465 g/mol. The molecule has 8 heteroatoms. The molecule has 0 atom stereocenters. The topological polar surface area (TPSA) is 62.5 Å². The largest absolute Gasteiger partial charge is 0.443 e. The first-order chi connectivity index (χ1) is 12.3. The lowest BCUT2D eigenvalue weighted by molar-refractivity contribution is 0.383. The summed E-state index contributed by atoms with van der Waals surface area (Å²) < 4.78 is 32.1. The summed E-state index contributed by atoms with van der Waals surface area (Å²) in [6.45, 7) is 9.62. The lowest BCUT2D eigenvalue weighted by Gasteiger charge is -2.13. The second kappa shape index (κ2) is 10.6. The predicted octanol–water partition coefficient (Wildman–Crippen LogP) is 4.17. The van der Waals surface area contributed by atoms with Gasteiger partial charge in [0, 0.05) is 24.6 Å². The molecule has 0 radical (unpaired) electrons. The van der Waals surface area contributed by atoms with E-state index >= 15 is 0 Å². The molecule has 150 valence electrons. The molecule has 0 aliphatic rings. The zero-order valence-corrected chi connectivity index (χ0v) is 18.4. The summed E-state index contributed by atoms with van der Waals surface area (Å²) in [7, 11) is 0. The standard InChI is InChI=1S/C19H26F2N4O.HI/c1-5-22-18(23-7-6-13-8-14(20)10-15(21)9-13)25-12-17-24-11-16(26-17)19(2,3)4;/h8-11H,5-7,12H2,1-4H3,(H2,22,23,25);1H. The molecule has 0 spiro atoms. The second-order valence-electron chi connectivity index (χ2n) is 7.02. The molecule has 0 saturated carbocycles. The predicted molar refractivity (Wildman–Crippen MR) is 113 cm³/mol. The number of halogens is 3. The lowest BCUT2D eigenvalue weighted by atomic mass is 9.94. The minimum absolute atomic E-state index is 0. The number of aromatic nitrogens is 1. The van der Waals surface area contributed by atoms with Crippen molar-refractivity contribution in [3.05, 3.63) is 53.2 Å². The number of hydrogen-bond donors (Lipinski definition) is 2. The van der Waals surface area contributed by atoms with Gasteiger partial charge >= 0.3 is 0 Å². The maximum atomic E-state index is 13.2. The highest BCUT2D eigenvalue weighted by Gasteiger charge is 2.19. The third kappa shape index (κ3) is 7.82. The highest BCUT2D eigenvalue weighted by atomic mass is 127. The van der Waals surface area contributed by atoms with E-state index in [1.165, 1.54) is 12.1 Å². The molecule has 1 aromatic heterocycles. The molecule has 0 bridgehead atoms. The van der Waals surface area contributed by atoms with Gasteiger partial charge in [-0.05, 0) is 31.0 Å². The number of hydrogen-bond acceptors (Lipinski definition) is 3. The lowest BCUT2D eigenvalue weighted by Crippen LogP contribution is -2.38. The van der Waals surface area contributed by atoms with Crippen LogP contribution in [0.25, 0.3) is 0 Å². The molecule has 2 aromatic rings. The number of nitrogens with one attached hydrogen (secondary N) is 2. The Kier molecular flexibility index (Phi) is 9.14. The van der Waals surface area contributed by atoms with Gasteiger partial charge in [-0.15, -0.1) is 24.0 Å². The Morgan fingerprint density at radius 3 is 2.37 bits per heavy atom. The molecule has 0 unspecified atom stereocenters. The maximum Gasteiger partial charge on any atom is 0.216 e. The number of benzene rings is 1. The van der Waals surface area contributed by atoms with Crippen LogP contribution in [-0.2, 0) is 18.4 Å². The van der Waals surface area contributed by atoms with E-state index in [2.05, 4.69) is 41.4 Å². The molecule has 27 heavy (non-hydrogen) atoms. The van der Waals surface area contributed by atoms with Crippen LogP contribution in [0.1, 0.15) is 44.9 Å². The van der Waals surface area contributed by atoms with E-state index in [-0.39, 0.29) is 29.4 Å². The van der Waals surface area contributed by atoms with Crippen molar-refractivity contribution >= 4 is 29.9 Å². The fraction of sp³-hybridized carbons (Fsp3) is 0.474. The van der Waals surface area contributed by atoms with Gasteiger partial charge in [0.2, 0.25) is 5.89 Å². The average Bonchev–Trinajstić information content (AvgIpc) is 3.01. The van der Waals surface area contributed by atoms with Crippen molar-refractivity contribution in [2.45, 2.75) is 46.1 Å². The van der Waals surface area contributed by atoms with Crippen LogP contribution in [0, 0.1) is 11.6 Å². The zero-order valence-electron chi connectivity index (χ0n) is 16.1. The summed E-state index contributed by atoms with van der Waals surface area (Å²) >= 11 is 0. The molecule has 0 saturated heterocycles. The number of oxazole rings is 1. The first kappa shape index (κ1) is 23.3. The Bertz CT molecular complexity index is 736. The van der Waals surface area contributed by atoms with Crippen molar-refractivity contribution in [3.63, 3.8) is 0 Å². The third-order valence-corrected chi connectivity index (χ3v) is 3.64. The van der Waals surface area contributed by atoms with Crippen LogP contribution in [0.2, 0.25) is 0 Å². The third-order valence-electron chi connectivity index (χ3n) is 3.64. The Balaban J connectivity index is 0.00000364. The molecule has 0 aliphatic carbocycles. The quantitative estimate of drug-likeness (QED) is 0.361. The minimum atomic E-state index is -0.570. The highest BCUT2D eigenvalue weighted by Crippen LogP contribution is 2.22. The molecule has 1 aromatic carbocycles. The normalized spacial score (nSPS) is 11.9. The fourth-order valence-electron chi connectivity index (χ4n) is 2.30. The molecule has 0 amide bonds. The molecule has 5 nitrogen and oxygen atoms in total. The van der Waals surface area contributed by atoms with Crippen LogP contribution in [0.15, 0.2) is 33.8 Å². The summed E-state index contributed by atoms with van der Waals surface area (Å²) in [5, 5.41) is 6.26. The van der Waals surface area contributed by atoms with Crippen molar-refractivity contribution in [1.29, 1.82) is 0 Å². The summed E-state index contributed by atoms with van der Waals surface area (Å²) in [4.78, 5) is 8.68. The molecule has 2 rings (SSSR count). The Labute approximate surface area is 176 Å². The van der Waals surface area contributed by atoms with E-state index < -0.39 is 11.6 Å². The van der Waals surface area contributed by atoms with E-state index in [4.69, 9.17) is 4.42 Å². The van der Waals surface area contributed by atoms with Crippen LogP contribution in [0.4, 0.5) is 8.78 Å². The number of rotatable bonds is 6. The van der Waals surface area contributed by atoms with Gasteiger partial charge in [0.25, 0.3) is 0 Å². The van der Waals surface area contributed by atoms with Gasteiger partial charge in [-0.3, -0.25) is 0 Å². The van der Waals surface area contributed by atoms with Crippen molar-refractivity contribution < 1.29 is 13.2 Å². The number of nitrogens with zero attached hydrogens (tertiary/aromatic N) is 2.